The van der Waals surface area contributed by atoms with Crippen molar-refractivity contribution in [3.05, 3.63) is 47.3 Å². The average molecular weight is 321 g/mol. The molecule has 0 aliphatic heterocycles. The Morgan fingerprint density at radius 3 is 2.55 bits per heavy atom. The molecule has 1 aromatic heterocycles. The van der Waals surface area contributed by atoms with Gasteiger partial charge in [-0.15, -0.1) is 0 Å². The summed E-state index contributed by atoms with van der Waals surface area (Å²) in [6.45, 7) is 5.96. The lowest BCUT2D eigenvalue weighted by Gasteiger charge is -2.09. The number of nitrogens with zero attached hydrogens (tertiary/aromatic N) is 2. The number of carbonyl (C=O) groups is 1. The zero-order valence-electron chi connectivity index (χ0n) is 12.8. The third kappa shape index (κ3) is 3.94. The van der Waals surface area contributed by atoms with Gasteiger partial charge in [0.1, 0.15) is 0 Å². The zero-order valence-corrected chi connectivity index (χ0v) is 13.6. The summed E-state index contributed by atoms with van der Waals surface area (Å²) in [6.07, 6.45) is 3.53. The van der Waals surface area contributed by atoms with Gasteiger partial charge in [-0.1, -0.05) is 6.07 Å². The van der Waals surface area contributed by atoms with Crippen LogP contribution < -0.4 is 4.72 Å². The van der Waals surface area contributed by atoms with E-state index in [-0.39, 0.29) is 11.3 Å². The number of benzene rings is 1. The van der Waals surface area contributed by atoms with Gasteiger partial charge in [-0.2, -0.15) is 5.10 Å². The van der Waals surface area contributed by atoms with Crippen molar-refractivity contribution in [3.8, 4) is 0 Å². The molecule has 2 rings (SSSR count). The van der Waals surface area contributed by atoms with Crippen molar-refractivity contribution >= 4 is 15.9 Å². The molecule has 7 heteroatoms. The van der Waals surface area contributed by atoms with Crippen LogP contribution in [0.15, 0.2) is 35.5 Å². The normalized spacial score (nSPS) is 11.4. The van der Waals surface area contributed by atoms with E-state index in [1.807, 2.05) is 20.8 Å². The van der Waals surface area contributed by atoms with Gasteiger partial charge in [0, 0.05) is 19.2 Å². The first kappa shape index (κ1) is 16.2. The third-order valence-corrected chi connectivity index (χ3v) is 4.74. The van der Waals surface area contributed by atoms with E-state index in [4.69, 9.17) is 0 Å². The Balaban J connectivity index is 2.01. The first-order chi connectivity index (χ1) is 10.3. The number of nitrogens with one attached hydrogen (secondary N) is 1. The van der Waals surface area contributed by atoms with Crippen LogP contribution in [0, 0.1) is 20.8 Å². The number of carbonyl (C=O) groups excluding carboxylic acids is 1. The summed E-state index contributed by atoms with van der Waals surface area (Å²) in [6, 6.07) is 4.78. The van der Waals surface area contributed by atoms with Crippen LogP contribution >= 0.6 is 0 Å². The highest BCUT2D eigenvalue weighted by Crippen LogP contribution is 2.14. The molecule has 0 radical (unpaired) electrons. The largest absolute Gasteiger partial charge is 0.274 e. The summed E-state index contributed by atoms with van der Waals surface area (Å²) < 4.78 is 28.0. The van der Waals surface area contributed by atoms with Gasteiger partial charge in [0.25, 0.3) is 10.0 Å². The molecule has 1 aromatic carbocycles. The highest BCUT2D eigenvalue weighted by atomic mass is 32.2. The molecule has 22 heavy (non-hydrogen) atoms. The first-order valence-electron chi connectivity index (χ1n) is 6.90. The molecule has 0 saturated carbocycles. The molecule has 0 spiro atoms. The summed E-state index contributed by atoms with van der Waals surface area (Å²) in [4.78, 5) is 11.9. The second kappa shape index (κ2) is 6.31. The molecule has 0 saturated heterocycles. The highest BCUT2D eigenvalue weighted by molar-refractivity contribution is 7.90. The number of sulfonamides is 1. The van der Waals surface area contributed by atoms with E-state index in [1.54, 1.807) is 29.2 Å². The van der Waals surface area contributed by atoms with Gasteiger partial charge in [-0.05, 0) is 49.6 Å². The molecule has 1 amide bonds. The Labute approximate surface area is 130 Å². The van der Waals surface area contributed by atoms with Gasteiger partial charge in [0.15, 0.2) is 0 Å². The van der Waals surface area contributed by atoms with Gasteiger partial charge in [-0.25, -0.2) is 13.1 Å². The summed E-state index contributed by atoms with van der Waals surface area (Å²) in [5.41, 5.74) is 2.85. The molecule has 2 aromatic rings. The van der Waals surface area contributed by atoms with Crippen molar-refractivity contribution in [2.45, 2.75) is 38.6 Å². The maximum Gasteiger partial charge on any atom is 0.264 e. The molecular weight excluding hydrogens is 302 g/mol. The number of hydrogen-bond acceptors (Lipinski definition) is 4. The van der Waals surface area contributed by atoms with E-state index in [2.05, 4.69) is 9.82 Å². The number of aromatic nitrogens is 2. The molecule has 118 valence electrons. The minimum Gasteiger partial charge on any atom is -0.274 e. The standard InChI is InChI=1S/C15H19N3O3S/c1-11-9-16-18(10-11)7-6-15(19)17-22(20,21)14-5-4-12(2)13(3)8-14/h4-5,8-10H,6-7H2,1-3H3,(H,17,19). The van der Waals surface area contributed by atoms with E-state index in [0.29, 0.717) is 6.54 Å². The molecule has 0 fully saturated rings. The van der Waals surface area contributed by atoms with Crippen molar-refractivity contribution < 1.29 is 13.2 Å². The lowest BCUT2D eigenvalue weighted by molar-refractivity contribution is -0.119. The lowest BCUT2D eigenvalue weighted by atomic mass is 10.1. The maximum atomic E-state index is 12.2. The molecule has 0 aliphatic carbocycles. The predicted molar refractivity (Wildman–Crippen MR) is 82.8 cm³/mol. The molecule has 0 unspecified atom stereocenters. The third-order valence-electron chi connectivity index (χ3n) is 3.37. The highest BCUT2D eigenvalue weighted by Gasteiger charge is 2.18. The zero-order chi connectivity index (χ0) is 16.3. The molecule has 0 atom stereocenters. The Bertz CT molecular complexity index is 794. The number of amides is 1. The van der Waals surface area contributed by atoms with E-state index in [0.717, 1.165) is 16.7 Å². The van der Waals surface area contributed by atoms with Crippen LogP contribution in [0.3, 0.4) is 0 Å². The molecule has 0 aliphatic rings. The first-order valence-corrected chi connectivity index (χ1v) is 8.38. The molecule has 6 nitrogen and oxygen atoms in total. The Morgan fingerprint density at radius 1 is 1.23 bits per heavy atom. The fourth-order valence-corrected chi connectivity index (χ4v) is 3.04. The second-order valence-corrected chi connectivity index (χ2v) is 6.99. The maximum absolute atomic E-state index is 12.2. The average Bonchev–Trinajstić information content (AvgIpc) is 2.85. The number of rotatable bonds is 5. The number of aryl methyl sites for hydroxylation is 4. The monoisotopic (exact) mass is 321 g/mol. The van der Waals surface area contributed by atoms with E-state index in [1.165, 1.54) is 6.07 Å². The fourth-order valence-electron chi connectivity index (χ4n) is 1.95. The van der Waals surface area contributed by atoms with Gasteiger partial charge < -0.3 is 0 Å². The van der Waals surface area contributed by atoms with Crippen molar-refractivity contribution in [2.75, 3.05) is 0 Å². The lowest BCUT2D eigenvalue weighted by Crippen LogP contribution is -2.31. The molecular formula is C15H19N3O3S. The van der Waals surface area contributed by atoms with Crippen molar-refractivity contribution in [2.24, 2.45) is 0 Å². The van der Waals surface area contributed by atoms with Crippen molar-refractivity contribution in [1.29, 1.82) is 0 Å². The predicted octanol–water partition coefficient (Wildman–Crippen LogP) is 1.70. The topological polar surface area (TPSA) is 81.1 Å². The fraction of sp³-hybridized carbons (Fsp3) is 0.333. The van der Waals surface area contributed by atoms with Crippen molar-refractivity contribution in [1.82, 2.24) is 14.5 Å². The molecule has 1 heterocycles. The van der Waals surface area contributed by atoms with Crippen LogP contribution in [0.25, 0.3) is 0 Å². The number of hydrogen-bond donors (Lipinski definition) is 1. The van der Waals surface area contributed by atoms with Crippen LogP contribution in [-0.2, 0) is 21.4 Å². The van der Waals surface area contributed by atoms with Crippen LogP contribution in [0.1, 0.15) is 23.1 Å². The Hall–Kier alpha value is -2.15. The SMILES string of the molecule is Cc1cnn(CCC(=O)NS(=O)(=O)c2ccc(C)c(C)c2)c1. The van der Waals surface area contributed by atoms with Crippen LogP contribution in [0.2, 0.25) is 0 Å². The summed E-state index contributed by atoms with van der Waals surface area (Å²) in [5.74, 6) is -0.550. The Kier molecular flexibility index (Phi) is 4.65. The van der Waals surface area contributed by atoms with Gasteiger partial charge in [0.2, 0.25) is 5.91 Å². The van der Waals surface area contributed by atoms with E-state index >= 15 is 0 Å². The summed E-state index contributed by atoms with van der Waals surface area (Å²) in [7, 11) is -3.83. The summed E-state index contributed by atoms with van der Waals surface area (Å²) >= 11 is 0. The molecule has 0 bridgehead atoms. The van der Waals surface area contributed by atoms with E-state index in [9.17, 15) is 13.2 Å². The van der Waals surface area contributed by atoms with Crippen LogP contribution in [-0.4, -0.2) is 24.1 Å². The second-order valence-electron chi connectivity index (χ2n) is 5.31. The van der Waals surface area contributed by atoms with E-state index < -0.39 is 15.9 Å². The van der Waals surface area contributed by atoms with Gasteiger partial charge in [0.05, 0.1) is 11.1 Å². The quantitative estimate of drug-likeness (QED) is 0.909. The minimum atomic E-state index is -3.83. The smallest absolute Gasteiger partial charge is 0.264 e. The molecule has 1 N–H and O–H groups in total. The minimum absolute atomic E-state index is 0.0468. The van der Waals surface area contributed by atoms with Gasteiger partial charge >= 0.3 is 0 Å². The van der Waals surface area contributed by atoms with Gasteiger partial charge in [-0.3, -0.25) is 9.48 Å². The van der Waals surface area contributed by atoms with Crippen LogP contribution in [0.4, 0.5) is 0 Å². The van der Waals surface area contributed by atoms with Crippen LogP contribution in [0.5, 0.6) is 0 Å². The summed E-state index contributed by atoms with van der Waals surface area (Å²) in [5, 5.41) is 4.05. The Morgan fingerprint density at radius 2 is 1.95 bits per heavy atom. The van der Waals surface area contributed by atoms with Crippen molar-refractivity contribution in [3.63, 3.8) is 0 Å².